The van der Waals surface area contributed by atoms with Gasteiger partial charge < -0.3 is 10.5 Å². The Morgan fingerprint density at radius 3 is 2.47 bits per heavy atom. The van der Waals surface area contributed by atoms with E-state index in [1.807, 2.05) is 0 Å². The molecular weight excluding hydrogens is 240 g/mol. The highest BCUT2D eigenvalue weighted by molar-refractivity contribution is 7.89. The minimum absolute atomic E-state index is 0.0200. The Kier molecular flexibility index (Phi) is 4.07. The van der Waals surface area contributed by atoms with Gasteiger partial charge in [-0.15, -0.1) is 0 Å². The summed E-state index contributed by atoms with van der Waals surface area (Å²) in [7, 11) is -3.18. The first-order chi connectivity index (χ1) is 8.00. The molecule has 2 fully saturated rings. The van der Waals surface area contributed by atoms with Gasteiger partial charge in [-0.05, 0) is 25.2 Å². The summed E-state index contributed by atoms with van der Waals surface area (Å²) in [4.78, 5) is 0. The fourth-order valence-electron chi connectivity index (χ4n) is 2.74. The van der Waals surface area contributed by atoms with Crippen LogP contribution in [-0.2, 0) is 14.8 Å². The van der Waals surface area contributed by atoms with Crippen LogP contribution in [0.5, 0.6) is 0 Å². The smallest absolute Gasteiger partial charge is 0.217 e. The number of hydrogen-bond donors (Lipinski definition) is 1. The van der Waals surface area contributed by atoms with Crippen molar-refractivity contribution in [3.8, 4) is 0 Å². The molecule has 0 bridgehead atoms. The van der Waals surface area contributed by atoms with E-state index in [1.54, 1.807) is 4.31 Å². The highest BCUT2D eigenvalue weighted by Gasteiger charge is 2.36. The van der Waals surface area contributed by atoms with Gasteiger partial charge in [-0.1, -0.05) is 6.92 Å². The van der Waals surface area contributed by atoms with Gasteiger partial charge in [-0.2, -0.15) is 4.31 Å². The molecule has 6 heteroatoms. The minimum atomic E-state index is -3.18. The van der Waals surface area contributed by atoms with Gasteiger partial charge in [-0.3, -0.25) is 0 Å². The van der Waals surface area contributed by atoms with Crippen LogP contribution in [0.1, 0.15) is 26.2 Å². The maximum absolute atomic E-state index is 12.4. The third kappa shape index (κ3) is 2.99. The van der Waals surface area contributed by atoms with Crippen molar-refractivity contribution in [2.45, 2.75) is 37.5 Å². The molecule has 2 aliphatic rings. The van der Waals surface area contributed by atoms with E-state index >= 15 is 0 Å². The standard InChI is InChI=1S/C11H22N2O3S/c1-9-6-10(12)8-13(7-9)17(14,15)11-2-4-16-5-3-11/h9-11H,2-8,12H2,1H3. The molecule has 100 valence electrons. The van der Waals surface area contributed by atoms with E-state index in [2.05, 4.69) is 6.92 Å². The molecule has 2 saturated heterocycles. The molecule has 0 aromatic rings. The second-order valence-corrected chi connectivity index (χ2v) is 7.49. The van der Waals surface area contributed by atoms with Crippen molar-refractivity contribution in [2.24, 2.45) is 11.7 Å². The van der Waals surface area contributed by atoms with Crippen molar-refractivity contribution < 1.29 is 13.2 Å². The molecule has 2 rings (SSSR count). The Labute approximate surface area is 103 Å². The topological polar surface area (TPSA) is 72.6 Å². The van der Waals surface area contributed by atoms with Gasteiger partial charge in [0.25, 0.3) is 0 Å². The molecule has 2 aliphatic heterocycles. The molecule has 0 saturated carbocycles. The fourth-order valence-corrected chi connectivity index (χ4v) is 4.81. The number of ether oxygens (including phenoxy) is 1. The predicted molar refractivity (Wildman–Crippen MR) is 66.1 cm³/mol. The van der Waals surface area contributed by atoms with Gasteiger partial charge >= 0.3 is 0 Å². The van der Waals surface area contributed by atoms with Gasteiger partial charge in [0.05, 0.1) is 5.25 Å². The number of piperidine rings is 1. The number of sulfonamides is 1. The van der Waals surface area contributed by atoms with Gasteiger partial charge in [0.1, 0.15) is 0 Å². The first-order valence-corrected chi connectivity index (χ1v) is 7.82. The number of rotatable bonds is 2. The molecule has 0 aromatic carbocycles. The van der Waals surface area contributed by atoms with Crippen LogP contribution in [0.15, 0.2) is 0 Å². The summed E-state index contributed by atoms with van der Waals surface area (Å²) < 4.78 is 31.7. The molecule has 17 heavy (non-hydrogen) atoms. The van der Waals surface area contributed by atoms with Gasteiger partial charge in [0.15, 0.2) is 0 Å². The Balaban J connectivity index is 2.08. The Bertz CT molecular complexity index is 342. The van der Waals surface area contributed by atoms with Crippen molar-refractivity contribution in [3.63, 3.8) is 0 Å². The lowest BCUT2D eigenvalue weighted by molar-refractivity contribution is 0.0966. The zero-order valence-corrected chi connectivity index (χ0v) is 11.2. The second-order valence-electron chi connectivity index (χ2n) is 5.27. The SMILES string of the molecule is CC1CC(N)CN(S(=O)(=O)C2CCOCC2)C1. The van der Waals surface area contributed by atoms with E-state index in [-0.39, 0.29) is 11.3 Å². The van der Waals surface area contributed by atoms with Crippen molar-refractivity contribution in [3.05, 3.63) is 0 Å². The quantitative estimate of drug-likeness (QED) is 0.769. The average molecular weight is 262 g/mol. The van der Waals surface area contributed by atoms with Crippen molar-refractivity contribution in [2.75, 3.05) is 26.3 Å². The van der Waals surface area contributed by atoms with Crippen LogP contribution in [0.2, 0.25) is 0 Å². The summed E-state index contributed by atoms with van der Waals surface area (Å²) >= 11 is 0. The number of hydrogen-bond acceptors (Lipinski definition) is 4. The van der Waals surface area contributed by atoms with Crippen LogP contribution in [0.3, 0.4) is 0 Å². The van der Waals surface area contributed by atoms with Crippen LogP contribution in [0, 0.1) is 5.92 Å². The van der Waals surface area contributed by atoms with Crippen molar-refractivity contribution >= 4 is 10.0 Å². The summed E-state index contributed by atoms with van der Waals surface area (Å²) in [5, 5.41) is -0.270. The summed E-state index contributed by atoms with van der Waals surface area (Å²) in [6, 6.07) is -0.0200. The van der Waals surface area contributed by atoms with Crippen LogP contribution in [0.4, 0.5) is 0 Å². The molecule has 2 atom stereocenters. The van der Waals surface area contributed by atoms with E-state index in [0.29, 0.717) is 45.1 Å². The molecule has 2 heterocycles. The number of nitrogens with two attached hydrogens (primary N) is 1. The monoisotopic (exact) mass is 262 g/mol. The van der Waals surface area contributed by atoms with E-state index in [0.717, 1.165) is 6.42 Å². The summed E-state index contributed by atoms with van der Waals surface area (Å²) in [6.07, 6.45) is 2.14. The summed E-state index contributed by atoms with van der Waals surface area (Å²) in [5.74, 6) is 0.355. The maximum atomic E-state index is 12.4. The molecule has 0 radical (unpaired) electrons. The van der Waals surface area contributed by atoms with Crippen LogP contribution >= 0.6 is 0 Å². The molecule has 0 aromatic heterocycles. The van der Waals surface area contributed by atoms with Crippen LogP contribution in [-0.4, -0.2) is 50.3 Å². The Hall–Kier alpha value is -0.170. The molecule has 5 nitrogen and oxygen atoms in total. The summed E-state index contributed by atoms with van der Waals surface area (Å²) in [5.41, 5.74) is 5.91. The molecule has 2 N–H and O–H groups in total. The first-order valence-electron chi connectivity index (χ1n) is 6.32. The third-order valence-electron chi connectivity index (χ3n) is 3.61. The Morgan fingerprint density at radius 2 is 1.88 bits per heavy atom. The minimum Gasteiger partial charge on any atom is -0.381 e. The highest BCUT2D eigenvalue weighted by Crippen LogP contribution is 2.24. The molecule has 0 aliphatic carbocycles. The maximum Gasteiger partial charge on any atom is 0.217 e. The first kappa shape index (κ1) is 13.3. The normalized spacial score (nSPS) is 33.8. The molecule has 0 spiro atoms. The molecular formula is C11H22N2O3S. The van der Waals surface area contributed by atoms with E-state index < -0.39 is 10.0 Å². The van der Waals surface area contributed by atoms with Crippen LogP contribution in [0.25, 0.3) is 0 Å². The van der Waals surface area contributed by atoms with Crippen molar-refractivity contribution in [1.82, 2.24) is 4.31 Å². The molecule has 0 amide bonds. The fraction of sp³-hybridized carbons (Fsp3) is 1.00. The van der Waals surface area contributed by atoms with E-state index in [1.165, 1.54) is 0 Å². The largest absolute Gasteiger partial charge is 0.381 e. The lowest BCUT2D eigenvalue weighted by Crippen LogP contribution is -2.52. The predicted octanol–water partition coefficient (Wildman–Crippen LogP) is 0.164. The Morgan fingerprint density at radius 1 is 1.24 bits per heavy atom. The lowest BCUT2D eigenvalue weighted by atomic mass is 9.99. The van der Waals surface area contributed by atoms with Crippen molar-refractivity contribution in [1.29, 1.82) is 0 Å². The van der Waals surface area contributed by atoms with Gasteiger partial charge in [0.2, 0.25) is 10.0 Å². The lowest BCUT2D eigenvalue weighted by Gasteiger charge is -2.36. The van der Waals surface area contributed by atoms with Gasteiger partial charge in [0, 0.05) is 32.3 Å². The zero-order valence-electron chi connectivity index (χ0n) is 10.3. The third-order valence-corrected chi connectivity index (χ3v) is 5.94. The zero-order chi connectivity index (χ0) is 12.5. The van der Waals surface area contributed by atoms with Crippen LogP contribution < -0.4 is 5.73 Å². The van der Waals surface area contributed by atoms with E-state index in [4.69, 9.17) is 10.5 Å². The summed E-state index contributed by atoms with van der Waals surface area (Å²) in [6.45, 7) is 4.27. The highest BCUT2D eigenvalue weighted by atomic mass is 32.2. The van der Waals surface area contributed by atoms with Gasteiger partial charge in [-0.25, -0.2) is 8.42 Å². The average Bonchev–Trinajstić information content (AvgIpc) is 2.29. The van der Waals surface area contributed by atoms with E-state index in [9.17, 15) is 8.42 Å². The second kappa shape index (κ2) is 5.22. The molecule has 2 unspecified atom stereocenters. The number of nitrogens with zero attached hydrogens (tertiary/aromatic N) is 1.